The molecular formula is C38H48N2O11. The largest absolute Gasteiger partial charge is 0.497 e. The van der Waals surface area contributed by atoms with Crippen LogP contribution < -0.4 is 18.9 Å². The van der Waals surface area contributed by atoms with Gasteiger partial charge in [-0.15, -0.1) is 0 Å². The molecule has 13 nitrogen and oxygen atoms in total. The first-order valence-corrected chi connectivity index (χ1v) is 16.8. The van der Waals surface area contributed by atoms with Gasteiger partial charge < -0.3 is 42.9 Å². The second-order valence-electron chi connectivity index (χ2n) is 13.0. The van der Waals surface area contributed by atoms with E-state index in [0.29, 0.717) is 29.2 Å². The Morgan fingerprint density at radius 3 is 2.14 bits per heavy atom. The van der Waals surface area contributed by atoms with E-state index in [0.717, 1.165) is 37.2 Å². The smallest absolute Gasteiger partial charge is 0.338 e. The number of hydrogen-bond acceptors (Lipinski definition) is 12. The molecule has 1 N–H and O–H groups in total. The maximum absolute atomic E-state index is 13.5. The van der Waals surface area contributed by atoms with Gasteiger partial charge in [0.1, 0.15) is 18.0 Å². The zero-order valence-corrected chi connectivity index (χ0v) is 30.5. The molecule has 0 spiro atoms. The highest BCUT2D eigenvalue weighted by Crippen LogP contribution is 2.51. The fourth-order valence-electron chi connectivity index (χ4n) is 7.94. The topological polar surface area (TPSA) is 144 Å². The van der Waals surface area contributed by atoms with Crippen molar-refractivity contribution in [2.24, 2.45) is 17.8 Å². The number of carbonyl (C=O) groups is 3. The van der Waals surface area contributed by atoms with Crippen LogP contribution in [0, 0.1) is 17.8 Å². The van der Waals surface area contributed by atoms with Gasteiger partial charge in [0.2, 0.25) is 5.75 Å². The number of aromatic nitrogens is 1. The van der Waals surface area contributed by atoms with E-state index >= 15 is 0 Å². The minimum Gasteiger partial charge on any atom is -0.497 e. The van der Waals surface area contributed by atoms with Crippen molar-refractivity contribution in [3.63, 3.8) is 0 Å². The summed E-state index contributed by atoms with van der Waals surface area (Å²) in [6.45, 7) is 6.64. The fraction of sp³-hybridized carbons (Fsp3) is 0.500. The number of rotatable bonds is 9. The van der Waals surface area contributed by atoms with Crippen molar-refractivity contribution in [1.82, 2.24) is 9.88 Å². The zero-order valence-electron chi connectivity index (χ0n) is 30.5. The van der Waals surface area contributed by atoms with Crippen LogP contribution in [0.1, 0.15) is 47.4 Å². The zero-order chi connectivity index (χ0) is 37.0. The summed E-state index contributed by atoms with van der Waals surface area (Å²) in [4.78, 5) is 43.3. The van der Waals surface area contributed by atoms with Gasteiger partial charge in [0.15, 0.2) is 11.5 Å². The molecule has 2 aliphatic heterocycles. The lowest BCUT2D eigenvalue weighted by Gasteiger charge is -2.52. The quantitative estimate of drug-likeness (QED) is 0.183. The number of hydrogen-bond donors (Lipinski definition) is 1. The van der Waals surface area contributed by atoms with Crippen LogP contribution in [0.4, 0.5) is 0 Å². The van der Waals surface area contributed by atoms with E-state index in [1.807, 2.05) is 12.1 Å². The Hall–Kier alpha value is -4.75. The van der Waals surface area contributed by atoms with Gasteiger partial charge in [-0.05, 0) is 67.9 Å². The van der Waals surface area contributed by atoms with Crippen LogP contribution in [-0.2, 0) is 35.0 Å². The van der Waals surface area contributed by atoms with Crippen LogP contribution in [0.2, 0.25) is 0 Å². The molecule has 0 bridgehead atoms. The molecule has 0 radical (unpaired) electrons. The summed E-state index contributed by atoms with van der Waals surface area (Å²) >= 11 is 0. The summed E-state index contributed by atoms with van der Waals surface area (Å²) < 4.78 is 43.4. The van der Waals surface area contributed by atoms with E-state index in [1.54, 1.807) is 33.3 Å². The highest BCUT2D eigenvalue weighted by atomic mass is 16.6. The van der Waals surface area contributed by atoms with Crippen LogP contribution in [-0.4, -0.2) is 103 Å². The summed E-state index contributed by atoms with van der Waals surface area (Å²) in [5, 5.41) is 1.21. The third kappa shape index (κ3) is 7.36. The number of fused-ring (bicyclic) bond motifs is 6. The summed E-state index contributed by atoms with van der Waals surface area (Å²) in [5.41, 5.74) is 4.26. The Labute approximate surface area is 298 Å². The average Bonchev–Trinajstić information content (AvgIpc) is 3.53. The Balaban J connectivity index is 0.000000654. The van der Waals surface area contributed by atoms with Gasteiger partial charge >= 0.3 is 17.9 Å². The van der Waals surface area contributed by atoms with Gasteiger partial charge in [0.05, 0.1) is 60.2 Å². The maximum Gasteiger partial charge on any atom is 0.338 e. The summed E-state index contributed by atoms with van der Waals surface area (Å²) in [7, 11) is 10.4. The Bertz CT molecular complexity index is 1740. The summed E-state index contributed by atoms with van der Waals surface area (Å²) in [5.74, 6) is 0.0934. The number of nitrogens with zero attached hydrogens (tertiary/aromatic N) is 1. The number of benzene rings is 2. The number of aromatic amines is 1. The van der Waals surface area contributed by atoms with E-state index < -0.39 is 24.1 Å². The highest BCUT2D eigenvalue weighted by molar-refractivity contribution is 5.91. The minimum atomic E-state index is -0.670. The second kappa shape index (κ2) is 16.1. The van der Waals surface area contributed by atoms with Crippen LogP contribution in [0.3, 0.4) is 0 Å². The number of H-pyrrole nitrogens is 1. The summed E-state index contributed by atoms with van der Waals surface area (Å²) in [6.07, 6.45) is 0.920. The number of carbonyl (C=O) groups excluding carboxylic acids is 3. The van der Waals surface area contributed by atoms with Crippen molar-refractivity contribution in [1.29, 1.82) is 0 Å². The summed E-state index contributed by atoms with van der Waals surface area (Å²) in [6, 6.07) is 9.40. The molecule has 13 heteroatoms. The number of piperidine rings is 1. The number of esters is 3. The van der Waals surface area contributed by atoms with Gasteiger partial charge in [-0.2, -0.15) is 0 Å². The van der Waals surface area contributed by atoms with E-state index in [2.05, 4.69) is 27.3 Å². The van der Waals surface area contributed by atoms with Gasteiger partial charge in [-0.3, -0.25) is 9.69 Å². The van der Waals surface area contributed by atoms with Crippen molar-refractivity contribution < 1.29 is 52.3 Å². The number of ether oxygens (including phenoxy) is 8. The van der Waals surface area contributed by atoms with Gasteiger partial charge in [-0.1, -0.05) is 6.58 Å². The van der Waals surface area contributed by atoms with E-state index in [9.17, 15) is 14.4 Å². The third-order valence-corrected chi connectivity index (χ3v) is 10.3. The Kier molecular flexibility index (Phi) is 11.8. The predicted octanol–water partition coefficient (Wildman–Crippen LogP) is 4.91. The van der Waals surface area contributed by atoms with Crippen molar-refractivity contribution in [3.8, 4) is 23.0 Å². The molecule has 0 unspecified atom stereocenters. The molecule has 2 fully saturated rings. The lowest BCUT2D eigenvalue weighted by Crippen LogP contribution is -2.58. The SMILES string of the molecule is C=C(C)C(=O)OC.COC(=O)[C@H]1[C@H]2C[C@@H]3c4[nH]c5cc(OC)ccc5c4CCN3C[C@H]2C[C@@H](OC(=O)c2cc(OC)c(OC)c(OC)c2)[C@@H]1OC. The third-order valence-electron chi connectivity index (χ3n) is 10.3. The van der Waals surface area contributed by atoms with Crippen LogP contribution >= 0.6 is 0 Å². The molecule has 3 heterocycles. The predicted molar refractivity (Wildman–Crippen MR) is 188 cm³/mol. The monoisotopic (exact) mass is 708 g/mol. The minimum absolute atomic E-state index is 0.0170. The molecule has 1 aliphatic carbocycles. The highest BCUT2D eigenvalue weighted by Gasteiger charge is 2.54. The molecule has 6 atom stereocenters. The first-order valence-electron chi connectivity index (χ1n) is 16.8. The lowest BCUT2D eigenvalue weighted by atomic mass is 9.63. The van der Waals surface area contributed by atoms with Crippen molar-refractivity contribution in [2.75, 3.05) is 62.9 Å². The van der Waals surface area contributed by atoms with Crippen LogP contribution in [0.5, 0.6) is 23.0 Å². The number of methoxy groups -OCH3 is 7. The molecule has 1 saturated carbocycles. The Morgan fingerprint density at radius 1 is 0.882 bits per heavy atom. The molecule has 51 heavy (non-hydrogen) atoms. The second-order valence-corrected chi connectivity index (χ2v) is 13.0. The van der Waals surface area contributed by atoms with Crippen LogP contribution in [0.15, 0.2) is 42.5 Å². The van der Waals surface area contributed by atoms with Crippen LogP contribution in [0.25, 0.3) is 10.9 Å². The van der Waals surface area contributed by atoms with Gasteiger partial charge in [0.25, 0.3) is 0 Å². The lowest BCUT2D eigenvalue weighted by molar-refractivity contribution is -0.176. The van der Waals surface area contributed by atoms with Crippen molar-refractivity contribution in [2.45, 2.75) is 44.4 Å². The first kappa shape index (κ1) is 37.5. The molecule has 6 rings (SSSR count). The first-order chi connectivity index (χ1) is 24.5. The molecule has 2 aromatic carbocycles. The Morgan fingerprint density at radius 2 is 1.59 bits per heavy atom. The maximum atomic E-state index is 13.5. The van der Waals surface area contributed by atoms with Gasteiger partial charge in [-0.25, -0.2) is 9.59 Å². The average molecular weight is 709 g/mol. The molecular weight excluding hydrogens is 660 g/mol. The van der Waals surface area contributed by atoms with E-state index in [1.165, 1.54) is 52.2 Å². The molecule has 1 saturated heterocycles. The van der Waals surface area contributed by atoms with Crippen molar-refractivity contribution in [3.05, 3.63) is 59.3 Å². The fourth-order valence-corrected chi connectivity index (χ4v) is 7.94. The van der Waals surface area contributed by atoms with E-state index in [-0.39, 0.29) is 35.4 Å². The van der Waals surface area contributed by atoms with E-state index in [4.69, 9.17) is 33.2 Å². The van der Waals surface area contributed by atoms with Crippen molar-refractivity contribution >= 4 is 28.8 Å². The number of nitrogens with one attached hydrogen (secondary N) is 1. The molecule has 1 aromatic heterocycles. The molecule has 276 valence electrons. The van der Waals surface area contributed by atoms with Gasteiger partial charge in [0, 0.05) is 48.4 Å². The standard InChI is InChI=1S/C33H40N2O9.C5H8O2/c1-38-19-7-8-20-21-9-10-35-16-18-13-27(44-32(36)17-11-25(39-2)30(41-4)26(12-17)40-3)31(42-5)28(33(37)43-6)22(18)15-24(35)29(21)34-23(20)14-19;1-4(2)5(6)7-3/h7-8,11-12,14,18,22,24,27-28,31,34H,9-10,13,15-16H2,1-6H3;1H2,2-3H3/t18-,22+,24-,27-,28+,31+;/m1./s1. The molecule has 3 aromatic rings. The molecule has 0 amide bonds. The molecule has 3 aliphatic rings. The normalized spacial score (nSPS) is 23.6.